The Morgan fingerprint density at radius 3 is 2.47 bits per heavy atom. The van der Waals surface area contributed by atoms with Gasteiger partial charge in [0.1, 0.15) is 0 Å². The SMILES string of the molecule is FC(F)(F)c1ccc(-c2nsc3c[c]ccc23)cc1. The lowest BCUT2D eigenvalue weighted by Gasteiger charge is -2.06. The summed E-state index contributed by atoms with van der Waals surface area (Å²) in [6, 6.07) is 13.5. The molecule has 0 saturated carbocycles. The molecule has 0 aliphatic heterocycles. The van der Waals surface area contributed by atoms with Gasteiger partial charge in [-0.3, -0.25) is 0 Å². The van der Waals surface area contributed by atoms with Crippen molar-refractivity contribution in [2.45, 2.75) is 6.18 Å². The minimum Gasteiger partial charge on any atom is -0.191 e. The van der Waals surface area contributed by atoms with E-state index in [1.807, 2.05) is 12.1 Å². The molecule has 1 aromatic heterocycles. The number of hydrogen-bond acceptors (Lipinski definition) is 2. The first-order valence-electron chi connectivity index (χ1n) is 5.49. The van der Waals surface area contributed by atoms with Crippen molar-refractivity contribution in [2.75, 3.05) is 0 Å². The largest absolute Gasteiger partial charge is 0.416 e. The van der Waals surface area contributed by atoms with Gasteiger partial charge in [-0.15, -0.1) is 0 Å². The Labute approximate surface area is 111 Å². The fraction of sp³-hybridized carbons (Fsp3) is 0.0714. The Morgan fingerprint density at radius 2 is 1.79 bits per heavy atom. The molecular formula is C14H7F3NS. The lowest BCUT2D eigenvalue weighted by atomic mass is 10.1. The molecule has 0 saturated heterocycles. The van der Waals surface area contributed by atoms with E-state index < -0.39 is 11.7 Å². The van der Waals surface area contributed by atoms with Gasteiger partial charge in [0.15, 0.2) is 0 Å². The molecule has 0 atom stereocenters. The van der Waals surface area contributed by atoms with Crippen LogP contribution in [0.4, 0.5) is 13.2 Å². The second-order valence-electron chi connectivity index (χ2n) is 4.03. The van der Waals surface area contributed by atoms with Crippen molar-refractivity contribution in [2.24, 2.45) is 0 Å². The first-order chi connectivity index (χ1) is 9.05. The Kier molecular flexibility index (Phi) is 2.78. The topological polar surface area (TPSA) is 12.9 Å². The van der Waals surface area contributed by atoms with E-state index in [9.17, 15) is 13.2 Å². The molecule has 0 aliphatic rings. The van der Waals surface area contributed by atoms with Gasteiger partial charge in [-0.2, -0.15) is 17.5 Å². The molecule has 1 heterocycles. The van der Waals surface area contributed by atoms with Gasteiger partial charge in [-0.05, 0) is 35.8 Å². The van der Waals surface area contributed by atoms with E-state index in [-0.39, 0.29) is 0 Å². The summed E-state index contributed by atoms with van der Waals surface area (Å²) >= 11 is 1.32. The maximum absolute atomic E-state index is 12.5. The van der Waals surface area contributed by atoms with Crippen molar-refractivity contribution in [1.29, 1.82) is 0 Å². The normalized spacial score (nSPS) is 11.9. The number of halogens is 3. The van der Waals surface area contributed by atoms with Crippen molar-refractivity contribution >= 4 is 21.6 Å². The molecule has 0 N–H and O–H groups in total. The average Bonchev–Trinajstić information content (AvgIpc) is 2.82. The summed E-state index contributed by atoms with van der Waals surface area (Å²) in [5.41, 5.74) is 0.747. The van der Waals surface area contributed by atoms with Crippen LogP contribution in [0.25, 0.3) is 21.3 Å². The van der Waals surface area contributed by atoms with E-state index in [4.69, 9.17) is 0 Å². The third-order valence-corrected chi connectivity index (χ3v) is 3.61. The molecule has 0 fully saturated rings. The number of hydrogen-bond donors (Lipinski definition) is 0. The number of rotatable bonds is 1. The van der Waals surface area contributed by atoms with Crippen LogP contribution in [-0.2, 0) is 6.18 Å². The predicted molar refractivity (Wildman–Crippen MR) is 68.9 cm³/mol. The molecule has 5 heteroatoms. The Hall–Kier alpha value is -1.88. The van der Waals surface area contributed by atoms with Crippen molar-refractivity contribution in [3.05, 3.63) is 54.1 Å². The zero-order chi connectivity index (χ0) is 13.5. The molecule has 1 radical (unpaired) electrons. The highest BCUT2D eigenvalue weighted by molar-refractivity contribution is 7.13. The fourth-order valence-corrected chi connectivity index (χ4v) is 2.63. The summed E-state index contributed by atoms with van der Waals surface area (Å²) in [6.45, 7) is 0. The molecule has 0 amide bonds. The first kappa shape index (κ1) is 12.2. The Bertz CT molecular complexity index is 713. The highest BCUT2D eigenvalue weighted by Gasteiger charge is 2.30. The molecule has 0 spiro atoms. The second kappa shape index (κ2) is 4.35. The molecule has 1 nitrogen and oxygen atoms in total. The van der Waals surface area contributed by atoms with Gasteiger partial charge in [0.2, 0.25) is 0 Å². The summed E-state index contributed by atoms with van der Waals surface area (Å²) in [7, 11) is 0. The summed E-state index contributed by atoms with van der Waals surface area (Å²) in [5, 5.41) is 0.934. The molecule has 95 valence electrons. The van der Waals surface area contributed by atoms with Crippen molar-refractivity contribution < 1.29 is 13.2 Å². The summed E-state index contributed by atoms with van der Waals surface area (Å²) in [6.07, 6.45) is -4.31. The van der Waals surface area contributed by atoms with Crippen molar-refractivity contribution in [3.63, 3.8) is 0 Å². The Morgan fingerprint density at radius 1 is 1.05 bits per heavy atom. The molecular weight excluding hydrogens is 271 g/mol. The van der Waals surface area contributed by atoms with E-state index in [0.717, 1.165) is 22.2 Å². The molecule has 0 aliphatic carbocycles. The second-order valence-corrected chi connectivity index (χ2v) is 4.83. The van der Waals surface area contributed by atoms with E-state index in [1.54, 1.807) is 6.07 Å². The number of alkyl halides is 3. The highest BCUT2D eigenvalue weighted by atomic mass is 32.1. The fourth-order valence-electron chi connectivity index (χ4n) is 1.86. The van der Waals surface area contributed by atoms with Crippen LogP contribution in [0, 0.1) is 6.07 Å². The number of fused-ring (bicyclic) bond motifs is 1. The highest BCUT2D eigenvalue weighted by Crippen LogP contribution is 2.33. The van der Waals surface area contributed by atoms with E-state index in [0.29, 0.717) is 11.3 Å². The maximum Gasteiger partial charge on any atom is 0.416 e. The smallest absolute Gasteiger partial charge is 0.191 e. The maximum atomic E-state index is 12.5. The van der Waals surface area contributed by atoms with E-state index >= 15 is 0 Å². The standard InChI is InChI=1S/C14H7F3NS/c15-14(16,17)10-7-5-9(6-8-10)13-11-3-1-2-4-12(11)19-18-13/h1,3-8H. The van der Waals surface area contributed by atoms with Crippen LogP contribution in [0.15, 0.2) is 42.5 Å². The number of nitrogens with zero attached hydrogens (tertiary/aromatic N) is 1. The van der Waals surface area contributed by atoms with Crippen molar-refractivity contribution in [3.8, 4) is 11.3 Å². The van der Waals surface area contributed by atoms with Gasteiger partial charge in [0, 0.05) is 10.9 Å². The van der Waals surface area contributed by atoms with Crippen LogP contribution in [0.5, 0.6) is 0 Å². The van der Waals surface area contributed by atoms with Gasteiger partial charge in [0.25, 0.3) is 0 Å². The van der Waals surface area contributed by atoms with Crippen LogP contribution in [0.2, 0.25) is 0 Å². The van der Waals surface area contributed by atoms with Gasteiger partial charge >= 0.3 is 6.18 Å². The van der Waals surface area contributed by atoms with E-state index in [2.05, 4.69) is 10.4 Å². The molecule has 2 aromatic carbocycles. The first-order valence-corrected chi connectivity index (χ1v) is 6.26. The molecule has 19 heavy (non-hydrogen) atoms. The molecule has 3 rings (SSSR count). The van der Waals surface area contributed by atoms with Crippen LogP contribution >= 0.6 is 11.5 Å². The van der Waals surface area contributed by atoms with Gasteiger partial charge < -0.3 is 0 Å². The van der Waals surface area contributed by atoms with E-state index in [1.165, 1.54) is 23.7 Å². The lowest BCUT2D eigenvalue weighted by Crippen LogP contribution is -2.03. The average molecular weight is 278 g/mol. The quantitative estimate of drug-likeness (QED) is 0.624. The minimum absolute atomic E-state index is 0.649. The zero-order valence-electron chi connectivity index (χ0n) is 9.53. The summed E-state index contributed by atoms with van der Waals surface area (Å²) in [4.78, 5) is 0. The third-order valence-electron chi connectivity index (χ3n) is 2.80. The van der Waals surface area contributed by atoms with Crippen LogP contribution in [0.1, 0.15) is 5.56 Å². The van der Waals surface area contributed by atoms with Gasteiger partial charge in [-0.25, -0.2) is 0 Å². The minimum atomic E-state index is -4.31. The van der Waals surface area contributed by atoms with Gasteiger partial charge in [0.05, 0.1) is 16.0 Å². The molecule has 0 bridgehead atoms. The Balaban J connectivity index is 2.07. The van der Waals surface area contributed by atoms with Crippen molar-refractivity contribution in [1.82, 2.24) is 4.37 Å². The summed E-state index contributed by atoms with van der Waals surface area (Å²) < 4.78 is 42.8. The zero-order valence-corrected chi connectivity index (χ0v) is 10.3. The predicted octanol–water partition coefficient (Wildman–Crippen LogP) is 4.78. The molecule has 0 unspecified atom stereocenters. The number of benzene rings is 2. The van der Waals surface area contributed by atoms with Crippen LogP contribution in [-0.4, -0.2) is 4.37 Å². The van der Waals surface area contributed by atoms with Gasteiger partial charge in [-0.1, -0.05) is 24.3 Å². The monoisotopic (exact) mass is 278 g/mol. The lowest BCUT2D eigenvalue weighted by molar-refractivity contribution is -0.137. The van der Waals surface area contributed by atoms with Crippen LogP contribution < -0.4 is 0 Å². The third kappa shape index (κ3) is 2.21. The van der Waals surface area contributed by atoms with Crippen LogP contribution in [0.3, 0.4) is 0 Å². The summed E-state index contributed by atoms with van der Waals surface area (Å²) in [5.74, 6) is 0. The number of aromatic nitrogens is 1. The molecule has 3 aromatic rings.